The fourth-order valence-corrected chi connectivity index (χ4v) is 3.54. The van der Waals surface area contributed by atoms with Gasteiger partial charge in [-0.25, -0.2) is 4.79 Å². The van der Waals surface area contributed by atoms with E-state index in [2.05, 4.69) is 0 Å². The number of esters is 1. The van der Waals surface area contributed by atoms with Crippen LogP contribution in [0, 0.1) is 0 Å². The molecular weight excluding hydrogens is 331 g/mol. The molecule has 1 aliphatic carbocycles. The zero-order valence-corrected chi connectivity index (χ0v) is 13.3. The summed E-state index contributed by atoms with van der Waals surface area (Å²) in [6.45, 7) is -2.14. The predicted octanol–water partition coefficient (Wildman–Crippen LogP) is 3.24. The number of hydrogen-bond donors (Lipinski definition) is 1. The molecule has 0 saturated carbocycles. The van der Waals surface area contributed by atoms with Crippen LogP contribution in [0.3, 0.4) is 0 Å². The van der Waals surface area contributed by atoms with E-state index in [1.54, 1.807) is 11.4 Å². The Morgan fingerprint density at radius 3 is 2.57 bits per heavy atom. The summed E-state index contributed by atoms with van der Waals surface area (Å²) >= 11 is 1.35. The Morgan fingerprint density at radius 1 is 1.17 bits per heavy atom. The Morgan fingerprint density at radius 2 is 1.87 bits per heavy atom. The number of carbonyl (C=O) groups is 2. The number of halogens is 3. The highest BCUT2D eigenvalue weighted by Gasteiger charge is 2.28. The highest BCUT2D eigenvalue weighted by Crippen LogP contribution is 2.28. The van der Waals surface area contributed by atoms with Gasteiger partial charge in [0.15, 0.2) is 6.61 Å². The van der Waals surface area contributed by atoms with Crippen LogP contribution in [0.2, 0.25) is 0 Å². The summed E-state index contributed by atoms with van der Waals surface area (Å²) in [7, 11) is 0. The van der Waals surface area contributed by atoms with Gasteiger partial charge in [0.1, 0.15) is 11.4 Å². The fourth-order valence-electron chi connectivity index (χ4n) is 2.40. The topological polar surface area (TPSA) is 55.4 Å². The molecule has 0 atom stereocenters. The van der Waals surface area contributed by atoms with E-state index in [-0.39, 0.29) is 0 Å². The molecule has 0 aromatic carbocycles. The molecule has 8 heteroatoms. The molecule has 1 aromatic rings. The molecule has 0 bridgehead atoms. The lowest BCUT2D eigenvalue weighted by atomic mass is 10.00. The molecule has 4 nitrogen and oxygen atoms in total. The maximum Gasteiger partial charge on any atom is 0.405 e. The molecule has 1 heterocycles. The second-order valence-electron chi connectivity index (χ2n) is 5.44. The second-order valence-corrected chi connectivity index (χ2v) is 6.58. The molecule has 1 aromatic heterocycles. The van der Waals surface area contributed by atoms with Gasteiger partial charge in [0.25, 0.3) is 5.91 Å². The first kappa shape index (κ1) is 17.8. The quantitative estimate of drug-likeness (QED) is 0.849. The van der Waals surface area contributed by atoms with Crippen LogP contribution in [0.25, 0.3) is 0 Å². The van der Waals surface area contributed by atoms with E-state index in [4.69, 9.17) is 4.74 Å². The third-order valence-electron chi connectivity index (χ3n) is 3.52. The van der Waals surface area contributed by atoms with E-state index >= 15 is 0 Å². The van der Waals surface area contributed by atoms with Gasteiger partial charge in [-0.3, -0.25) is 4.79 Å². The Kier molecular flexibility index (Phi) is 6.04. The summed E-state index contributed by atoms with van der Waals surface area (Å²) in [5, 5.41) is 1.66. The third kappa shape index (κ3) is 5.85. The molecule has 0 unspecified atom stereocenters. The van der Waals surface area contributed by atoms with Gasteiger partial charge in [-0.05, 0) is 37.3 Å². The summed E-state index contributed by atoms with van der Waals surface area (Å²) in [6.07, 6.45) is 1.89. The number of aryl methyl sites for hydroxylation is 2. The molecule has 0 fully saturated rings. The maximum absolute atomic E-state index is 12.0. The molecule has 2 rings (SSSR count). The molecule has 0 spiro atoms. The van der Waals surface area contributed by atoms with E-state index in [9.17, 15) is 22.8 Å². The first-order chi connectivity index (χ1) is 10.8. The summed E-state index contributed by atoms with van der Waals surface area (Å²) < 4.78 is 40.7. The number of nitrogens with one attached hydrogen (secondary N) is 1. The van der Waals surface area contributed by atoms with Crippen LogP contribution in [-0.2, 0) is 22.4 Å². The van der Waals surface area contributed by atoms with E-state index in [0.717, 1.165) is 36.1 Å². The Bertz CT molecular complexity index is 543. The largest absolute Gasteiger partial charge is 0.451 e. The van der Waals surface area contributed by atoms with E-state index in [1.165, 1.54) is 24.2 Å². The van der Waals surface area contributed by atoms with E-state index in [1.807, 2.05) is 0 Å². The lowest BCUT2D eigenvalue weighted by Crippen LogP contribution is -2.36. The number of hydrogen-bond acceptors (Lipinski definition) is 4. The summed E-state index contributed by atoms with van der Waals surface area (Å²) in [4.78, 5) is 24.7. The van der Waals surface area contributed by atoms with Crippen LogP contribution in [-0.4, -0.2) is 31.2 Å². The van der Waals surface area contributed by atoms with Crippen LogP contribution < -0.4 is 5.32 Å². The number of fused-ring (bicyclic) bond motifs is 1. The van der Waals surface area contributed by atoms with Crippen molar-refractivity contribution in [1.82, 2.24) is 5.32 Å². The maximum atomic E-state index is 12.0. The average molecular weight is 349 g/mol. The van der Waals surface area contributed by atoms with Crippen LogP contribution in [0.1, 0.15) is 45.8 Å². The van der Waals surface area contributed by atoms with Gasteiger partial charge in [-0.1, -0.05) is 12.8 Å². The number of rotatable bonds is 4. The molecule has 1 N–H and O–H groups in total. The van der Waals surface area contributed by atoms with E-state index < -0.39 is 31.2 Å². The van der Waals surface area contributed by atoms with Crippen LogP contribution in [0.4, 0.5) is 13.2 Å². The molecular formula is C15H18F3NO3S. The standard InChI is InChI=1S/C15H18F3NO3S/c16-15(17,18)9-19-13(20)8-22-14(21)12-7-10-5-3-1-2-4-6-11(10)23-12/h7H,1-6,8-9H2,(H,19,20). The summed E-state index contributed by atoms with van der Waals surface area (Å²) in [5.74, 6) is -1.63. The van der Waals surface area contributed by atoms with Gasteiger partial charge in [0.2, 0.25) is 0 Å². The third-order valence-corrected chi connectivity index (χ3v) is 4.74. The predicted molar refractivity (Wildman–Crippen MR) is 79.5 cm³/mol. The van der Waals surface area contributed by atoms with Gasteiger partial charge in [-0.15, -0.1) is 11.3 Å². The van der Waals surface area contributed by atoms with Gasteiger partial charge in [0, 0.05) is 4.88 Å². The molecule has 0 radical (unpaired) electrons. The van der Waals surface area contributed by atoms with Crippen molar-refractivity contribution in [2.75, 3.05) is 13.2 Å². The van der Waals surface area contributed by atoms with Gasteiger partial charge in [-0.2, -0.15) is 13.2 Å². The monoisotopic (exact) mass is 349 g/mol. The van der Waals surface area contributed by atoms with Crippen molar-refractivity contribution in [1.29, 1.82) is 0 Å². The molecule has 23 heavy (non-hydrogen) atoms. The Balaban J connectivity index is 1.86. The lowest BCUT2D eigenvalue weighted by molar-refractivity contribution is -0.140. The highest BCUT2D eigenvalue weighted by atomic mass is 32.1. The minimum Gasteiger partial charge on any atom is -0.451 e. The number of thiophene rings is 1. The van der Waals surface area contributed by atoms with Crippen molar-refractivity contribution in [3.8, 4) is 0 Å². The molecule has 0 saturated heterocycles. The highest BCUT2D eigenvalue weighted by molar-refractivity contribution is 7.14. The smallest absolute Gasteiger partial charge is 0.405 e. The van der Waals surface area contributed by atoms with Crippen molar-refractivity contribution in [3.05, 3.63) is 21.4 Å². The van der Waals surface area contributed by atoms with E-state index in [0.29, 0.717) is 4.88 Å². The zero-order chi connectivity index (χ0) is 16.9. The molecule has 128 valence electrons. The number of carbonyl (C=O) groups excluding carboxylic acids is 2. The van der Waals surface area contributed by atoms with Gasteiger partial charge in [0.05, 0.1) is 0 Å². The van der Waals surface area contributed by atoms with Crippen molar-refractivity contribution in [3.63, 3.8) is 0 Å². The van der Waals surface area contributed by atoms with Gasteiger partial charge < -0.3 is 10.1 Å². The van der Waals surface area contributed by atoms with Crippen LogP contribution >= 0.6 is 11.3 Å². The van der Waals surface area contributed by atoms with Crippen LogP contribution in [0.5, 0.6) is 0 Å². The SMILES string of the molecule is O=C(COC(=O)c1cc2c(s1)CCCCCC2)NCC(F)(F)F. The minimum atomic E-state index is -4.48. The summed E-state index contributed by atoms with van der Waals surface area (Å²) in [5.41, 5.74) is 1.14. The zero-order valence-electron chi connectivity index (χ0n) is 12.5. The normalized spacial score (nSPS) is 15.3. The van der Waals surface area contributed by atoms with Crippen molar-refractivity contribution >= 4 is 23.2 Å². The average Bonchev–Trinajstić information content (AvgIpc) is 2.84. The van der Waals surface area contributed by atoms with Gasteiger partial charge >= 0.3 is 12.1 Å². The first-order valence-electron chi connectivity index (χ1n) is 7.47. The Hall–Kier alpha value is -1.57. The minimum absolute atomic E-state index is 0.403. The van der Waals surface area contributed by atoms with Crippen LogP contribution in [0.15, 0.2) is 6.07 Å². The second kappa shape index (κ2) is 7.81. The fraction of sp³-hybridized carbons (Fsp3) is 0.600. The molecule has 0 aliphatic heterocycles. The number of amides is 1. The first-order valence-corrected chi connectivity index (χ1v) is 8.29. The van der Waals surface area contributed by atoms with Crippen molar-refractivity contribution in [2.24, 2.45) is 0 Å². The van der Waals surface area contributed by atoms with Crippen molar-refractivity contribution < 1.29 is 27.5 Å². The number of alkyl halides is 3. The number of ether oxygens (including phenoxy) is 1. The Labute approximate surface area is 136 Å². The lowest BCUT2D eigenvalue weighted by Gasteiger charge is -2.08. The summed E-state index contributed by atoms with van der Waals surface area (Å²) in [6, 6.07) is 1.78. The molecule has 1 amide bonds. The van der Waals surface area contributed by atoms with Crippen molar-refractivity contribution in [2.45, 2.75) is 44.7 Å². The molecule has 1 aliphatic rings.